The lowest BCUT2D eigenvalue weighted by Crippen LogP contribution is -2.38. The number of hydrogen-bond acceptors (Lipinski definition) is 4. The molecule has 0 saturated carbocycles. The Bertz CT molecular complexity index is 686. The molecule has 2 aromatic heterocycles. The van der Waals surface area contributed by atoms with Gasteiger partial charge in [-0.05, 0) is 47.6 Å². The first-order chi connectivity index (χ1) is 11.3. The molecule has 0 radical (unpaired) electrons. The minimum Gasteiger partial charge on any atom is -0.336 e. The van der Waals surface area contributed by atoms with Gasteiger partial charge < -0.3 is 4.90 Å². The van der Waals surface area contributed by atoms with Crippen LogP contribution in [0.5, 0.6) is 0 Å². The SMILES string of the molecule is CCn1ncc(-c2cc(C(F)F)nc(N(C(C)C)C(C)C)n2)c1C. The van der Waals surface area contributed by atoms with Crippen molar-refractivity contribution in [3.8, 4) is 11.3 Å². The molecule has 132 valence electrons. The maximum absolute atomic E-state index is 13.4. The third-order valence-electron chi connectivity index (χ3n) is 3.98. The van der Waals surface area contributed by atoms with Crippen molar-refractivity contribution in [1.29, 1.82) is 0 Å². The smallest absolute Gasteiger partial charge is 0.280 e. The Balaban J connectivity index is 2.62. The molecule has 24 heavy (non-hydrogen) atoms. The molecule has 0 spiro atoms. The van der Waals surface area contributed by atoms with Crippen molar-refractivity contribution in [1.82, 2.24) is 19.7 Å². The van der Waals surface area contributed by atoms with Gasteiger partial charge >= 0.3 is 0 Å². The van der Waals surface area contributed by atoms with E-state index in [1.165, 1.54) is 6.07 Å². The molecule has 0 saturated heterocycles. The van der Waals surface area contributed by atoms with Gasteiger partial charge in [-0.2, -0.15) is 5.10 Å². The van der Waals surface area contributed by atoms with Gasteiger partial charge in [0.2, 0.25) is 5.95 Å². The third kappa shape index (κ3) is 3.55. The van der Waals surface area contributed by atoms with Gasteiger partial charge in [-0.25, -0.2) is 18.7 Å². The molecule has 2 aromatic rings. The molecule has 0 aliphatic heterocycles. The van der Waals surface area contributed by atoms with Crippen LogP contribution >= 0.6 is 0 Å². The van der Waals surface area contributed by atoms with Gasteiger partial charge in [-0.15, -0.1) is 0 Å². The van der Waals surface area contributed by atoms with Crippen LogP contribution in [-0.4, -0.2) is 31.8 Å². The fourth-order valence-electron chi connectivity index (χ4n) is 2.89. The Morgan fingerprint density at radius 2 is 1.75 bits per heavy atom. The lowest BCUT2D eigenvalue weighted by Gasteiger charge is -2.31. The number of aryl methyl sites for hydroxylation is 1. The fraction of sp³-hybridized carbons (Fsp3) is 0.588. The highest BCUT2D eigenvalue weighted by molar-refractivity contribution is 5.63. The monoisotopic (exact) mass is 337 g/mol. The van der Waals surface area contributed by atoms with Crippen molar-refractivity contribution >= 4 is 5.95 Å². The number of halogens is 2. The molecule has 0 fully saturated rings. The molecule has 0 atom stereocenters. The Hall–Kier alpha value is -2.05. The van der Waals surface area contributed by atoms with Crippen LogP contribution in [0.25, 0.3) is 11.3 Å². The van der Waals surface area contributed by atoms with Gasteiger partial charge in [0.1, 0.15) is 5.69 Å². The van der Waals surface area contributed by atoms with Gasteiger partial charge in [0, 0.05) is 29.9 Å². The van der Waals surface area contributed by atoms with E-state index in [4.69, 9.17) is 0 Å². The summed E-state index contributed by atoms with van der Waals surface area (Å²) in [6, 6.07) is 1.56. The average Bonchev–Trinajstić information content (AvgIpc) is 2.87. The second-order valence-electron chi connectivity index (χ2n) is 6.33. The number of nitrogens with zero attached hydrogens (tertiary/aromatic N) is 5. The minimum atomic E-state index is -2.65. The second kappa shape index (κ2) is 7.23. The molecule has 0 unspecified atom stereocenters. The maximum Gasteiger partial charge on any atom is 0.280 e. The summed E-state index contributed by atoms with van der Waals surface area (Å²) in [6.45, 7) is 12.6. The zero-order chi connectivity index (χ0) is 18.0. The van der Waals surface area contributed by atoms with Gasteiger partial charge in [-0.1, -0.05) is 0 Å². The van der Waals surface area contributed by atoms with Gasteiger partial charge in [0.25, 0.3) is 6.43 Å². The molecular formula is C17H25F2N5. The average molecular weight is 337 g/mol. The summed E-state index contributed by atoms with van der Waals surface area (Å²) in [5.41, 5.74) is 1.89. The van der Waals surface area contributed by atoms with Crippen LogP contribution in [0.1, 0.15) is 52.4 Å². The normalized spacial score (nSPS) is 11.8. The summed E-state index contributed by atoms with van der Waals surface area (Å²) in [7, 11) is 0. The highest BCUT2D eigenvalue weighted by atomic mass is 19.3. The van der Waals surface area contributed by atoms with Crippen molar-refractivity contribution in [3.05, 3.63) is 23.7 Å². The van der Waals surface area contributed by atoms with Crippen LogP contribution in [-0.2, 0) is 6.54 Å². The summed E-state index contributed by atoms with van der Waals surface area (Å²) < 4.78 is 28.5. The van der Waals surface area contributed by atoms with Crippen LogP contribution in [0.4, 0.5) is 14.7 Å². The van der Waals surface area contributed by atoms with E-state index in [2.05, 4.69) is 15.1 Å². The van der Waals surface area contributed by atoms with Crippen molar-refractivity contribution in [3.63, 3.8) is 0 Å². The lowest BCUT2D eigenvalue weighted by molar-refractivity contribution is 0.146. The van der Waals surface area contributed by atoms with E-state index < -0.39 is 6.43 Å². The summed E-state index contributed by atoms with van der Waals surface area (Å²) in [4.78, 5) is 10.6. The minimum absolute atomic E-state index is 0.102. The first-order valence-electron chi connectivity index (χ1n) is 8.24. The molecule has 2 heterocycles. The van der Waals surface area contributed by atoms with Gasteiger partial charge in [0.15, 0.2) is 0 Å². The molecule has 0 aliphatic carbocycles. The quantitative estimate of drug-likeness (QED) is 0.791. The van der Waals surface area contributed by atoms with Crippen molar-refractivity contribution in [2.45, 2.75) is 66.6 Å². The summed E-state index contributed by atoms with van der Waals surface area (Å²) in [6.07, 6.45) is -0.969. The highest BCUT2D eigenvalue weighted by Crippen LogP contribution is 2.28. The predicted octanol–water partition coefficient (Wildman–Crippen LogP) is 4.23. The first-order valence-corrected chi connectivity index (χ1v) is 8.24. The van der Waals surface area contributed by atoms with Crippen LogP contribution in [0.2, 0.25) is 0 Å². The van der Waals surface area contributed by atoms with Gasteiger partial charge in [0.05, 0.1) is 11.9 Å². The molecule has 0 aliphatic rings. The maximum atomic E-state index is 13.4. The highest BCUT2D eigenvalue weighted by Gasteiger charge is 2.22. The molecule has 2 rings (SSSR count). The number of aromatic nitrogens is 4. The van der Waals surface area contributed by atoms with Crippen LogP contribution in [0, 0.1) is 6.92 Å². The number of hydrogen-bond donors (Lipinski definition) is 0. The first kappa shape index (κ1) is 18.3. The molecule has 0 bridgehead atoms. The van der Waals surface area contributed by atoms with E-state index >= 15 is 0 Å². The zero-order valence-electron chi connectivity index (χ0n) is 15.1. The molecule has 0 N–H and O–H groups in total. The lowest BCUT2D eigenvalue weighted by atomic mass is 10.1. The van der Waals surface area contributed by atoms with Crippen molar-refractivity contribution < 1.29 is 8.78 Å². The summed E-state index contributed by atoms with van der Waals surface area (Å²) >= 11 is 0. The predicted molar refractivity (Wildman–Crippen MR) is 91.4 cm³/mol. The largest absolute Gasteiger partial charge is 0.336 e. The van der Waals surface area contributed by atoms with E-state index in [9.17, 15) is 8.78 Å². The Labute approximate surface area is 141 Å². The van der Waals surface area contributed by atoms with Gasteiger partial charge in [-0.3, -0.25) is 4.68 Å². The zero-order valence-corrected chi connectivity index (χ0v) is 15.1. The van der Waals surface area contributed by atoms with E-state index in [1.807, 2.05) is 51.1 Å². The second-order valence-corrected chi connectivity index (χ2v) is 6.33. The Morgan fingerprint density at radius 1 is 1.12 bits per heavy atom. The number of alkyl halides is 2. The van der Waals surface area contributed by atoms with E-state index in [-0.39, 0.29) is 17.8 Å². The van der Waals surface area contributed by atoms with E-state index in [1.54, 1.807) is 6.20 Å². The fourth-order valence-corrected chi connectivity index (χ4v) is 2.89. The molecule has 5 nitrogen and oxygen atoms in total. The third-order valence-corrected chi connectivity index (χ3v) is 3.98. The van der Waals surface area contributed by atoms with E-state index in [0.717, 1.165) is 17.8 Å². The van der Waals surface area contributed by atoms with Crippen molar-refractivity contribution in [2.24, 2.45) is 0 Å². The summed E-state index contributed by atoms with van der Waals surface area (Å²) in [5, 5.41) is 4.29. The standard InChI is InChI=1S/C17H25F2N5/c1-7-23-12(6)13(9-20-23)14-8-15(16(18)19)22-17(21-14)24(10(2)3)11(4)5/h8-11,16H,7H2,1-6H3. The van der Waals surface area contributed by atoms with Crippen LogP contribution < -0.4 is 4.90 Å². The molecule has 0 amide bonds. The Morgan fingerprint density at radius 3 is 2.21 bits per heavy atom. The Kier molecular flexibility index (Phi) is 5.51. The molecule has 7 heteroatoms. The number of rotatable bonds is 6. The van der Waals surface area contributed by atoms with E-state index in [0.29, 0.717) is 11.6 Å². The topological polar surface area (TPSA) is 46.8 Å². The number of anilines is 1. The van der Waals surface area contributed by atoms with Crippen LogP contribution in [0.15, 0.2) is 12.3 Å². The molecule has 0 aromatic carbocycles. The van der Waals surface area contributed by atoms with Crippen LogP contribution in [0.3, 0.4) is 0 Å². The van der Waals surface area contributed by atoms with Crippen molar-refractivity contribution in [2.75, 3.05) is 4.90 Å². The molecular weight excluding hydrogens is 312 g/mol. The summed E-state index contributed by atoms with van der Waals surface area (Å²) in [5.74, 6) is 0.330.